The van der Waals surface area contributed by atoms with Crippen molar-refractivity contribution in [3.05, 3.63) is 33.8 Å². The first-order chi connectivity index (χ1) is 11.6. The second-order valence-corrected chi connectivity index (χ2v) is 9.07. The van der Waals surface area contributed by atoms with Crippen molar-refractivity contribution in [2.24, 2.45) is 5.41 Å². The second kappa shape index (κ2) is 6.33. The average Bonchev–Trinajstić information content (AvgIpc) is 3.17. The molecule has 0 spiro atoms. The number of carbonyl (C=O) groups excluding carboxylic acids is 1. The summed E-state index contributed by atoms with van der Waals surface area (Å²) in [6.45, 7) is 7.56. The topological polar surface area (TPSA) is 38.8 Å². The molecule has 25 heavy (non-hydrogen) atoms. The Morgan fingerprint density at radius 1 is 1.28 bits per heavy atom. The second-order valence-electron chi connectivity index (χ2n) is 8.25. The Hall–Kier alpha value is -0.970. The highest BCUT2D eigenvalue weighted by molar-refractivity contribution is 6.42. The smallest absolute Gasteiger partial charge is 0.410 e. The Labute approximate surface area is 159 Å². The zero-order valence-corrected chi connectivity index (χ0v) is 16.7. The molecule has 1 aromatic rings. The van der Waals surface area contributed by atoms with Crippen molar-refractivity contribution in [1.82, 2.24) is 4.90 Å². The fourth-order valence-electron chi connectivity index (χ4n) is 4.20. The van der Waals surface area contributed by atoms with Crippen LogP contribution >= 0.6 is 23.2 Å². The predicted octanol–water partition coefficient (Wildman–Crippen LogP) is 4.91. The zero-order valence-electron chi connectivity index (χ0n) is 15.2. The molecule has 0 radical (unpaired) electrons. The number of halogens is 2. The number of carbonyl (C=O) groups is 1. The largest absolute Gasteiger partial charge is 0.444 e. The molecule has 4 nitrogen and oxygen atoms in total. The Bertz CT molecular complexity index is 688. The van der Waals surface area contributed by atoms with Gasteiger partial charge in [-0.3, -0.25) is 0 Å². The van der Waals surface area contributed by atoms with Gasteiger partial charge in [-0.2, -0.15) is 0 Å². The molecule has 1 amide bonds. The molecule has 2 fully saturated rings. The molecule has 3 rings (SSSR count). The highest BCUT2D eigenvalue weighted by atomic mass is 35.5. The molecule has 6 heteroatoms. The van der Waals surface area contributed by atoms with Crippen LogP contribution < -0.4 is 0 Å². The van der Waals surface area contributed by atoms with Crippen molar-refractivity contribution in [3.63, 3.8) is 0 Å². The van der Waals surface area contributed by atoms with Crippen LogP contribution in [-0.4, -0.2) is 43.4 Å². The number of nitrogens with zero attached hydrogens (tertiary/aromatic N) is 1. The van der Waals surface area contributed by atoms with E-state index in [2.05, 4.69) is 6.07 Å². The number of fused-ring (bicyclic) bond motifs is 1. The molecule has 0 bridgehead atoms. The molecule has 0 aromatic heterocycles. The molecule has 2 atom stereocenters. The summed E-state index contributed by atoms with van der Waals surface area (Å²) in [6.07, 6.45) is 1.59. The third-order valence-corrected chi connectivity index (χ3v) is 6.12. The monoisotopic (exact) mass is 385 g/mol. The van der Waals surface area contributed by atoms with Gasteiger partial charge >= 0.3 is 6.09 Å². The minimum absolute atomic E-state index is 0.00421. The van der Waals surface area contributed by atoms with E-state index in [-0.39, 0.29) is 16.9 Å². The SMILES string of the molecule is COC[C@@]12CN(C(=O)OC(C)(C)C)CCC1(c1ccc(Cl)c(Cl)c1)C2. The number of piperidine rings is 1. The summed E-state index contributed by atoms with van der Waals surface area (Å²) in [5.74, 6) is 0. The van der Waals surface area contributed by atoms with E-state index < -0.39 is 5.60 Å². The van der Waals surface area contributed by atoms with Crippen LogP contribution in [0.2, 0.25) is 10.0 Å². The van der Waals surface area contributed by atoms with E-state index in [1.165, 1.54) is 5.56 Å². The van der Waals surface area contributed by atoms with Gasteiger partial charge in [-0.05, 0) is 51.3 Å². The van der Waals surface area contributed by atoms with Gasteiger partial charge in [0.15, 0.2) is 0 Å². The third kappa shape index (κ3) is 3.36. The minimum atomic E-state index is -0.493. The normalized spacial score (nSPS) is 28.5. The number of ether oxygens (including phenoxy) is 2. The predicted molar refractivity (Wildman–Crippen MR) is 99.5 cm³/mol. The van der Waals surface area contributed by atoms with Gasteiger partial charge in [0.1, 0.15) is 5.60 Å². The van der Waals surface area contributed by atoms with E-state index in [4.69, 9.17) is 32.7 Å². The maximum absolute atomic E-state index is 12.5. The zero-order chi connectivity index (χ0) is 18.5. The fourth-order valence-corrected chi connectivity index (χ4v) is 4.50. The van der Waals surface area contributed by atoms with Gasteiger partial charge in [0.2, 0.25) is 0 Å². The van der Waals surface area contributed by atoms with Crippen molar-refractivity contribution >= 4 is 29.3 Å². The Morgan fingerprint density at radius 2 is 2.00 bits per heavy atom. The Balaban J connectivity index is 1.83. The number of amides is 1. The van der Waals surface area contributed by atoms with Crippen molar-refractivity contribution < 1.29 is 14.3 Å². The van der Waals surface area contributed by atoms with Crippen molar-refractivity contribution in [2.75, 3.05) is 26.8 Å². The molecule has 1 unspecified atom stereocenters. The van der Waals surface area contributed by atoms with Crippen molar-refractivity contribution in [2.45, 2.75) is 44.6 Å². The summed E-state index contributed by atoms with van der Waals surface area (Å²) in [5, 5.41) is 1.13. The average molecular weight is 386 g/mol. The molecule has 1 aromatic carbocycles. The van der Waals surface area contributed by atoms with E-state index >= 15 is 0 Å². The lowest BCUT2D eigenvalue weighted by Crippen LogP contribution is -2.48. The van der Waals surface area contributed by atoms with E-state index in [9.17, 15) is 4.79 Å². The number of benzene rings is 1. The molecule has 138 valence electrons. The fraction of sp³-hybridized carbons (Fsp3) is 0.632. The number of rotatable bonds is 3. The molecular weight excluding hydrogens is 361 g/mol. The van der Waals surface area contributed by atoms with Gasteiger partial charge in [0.25, 0.3) is 0 Å². The van der Waals surface area contributed by atoms with E-state index in [0.29, 0.717) is 29.7 Å². The summed E-state index contributed by atoms with van der Waals surface area (Å²) >= 11 is 12.3. The first-order valence-electron chi connectivity index (χ1n) is 8.55. The van der Waals surface area contributed by atoms with Crippen LogP contribution in [0.5, 0.6) is 0 Å². The maximum Gasteiger partial charge on any atom is 0.410 e. The van der Waals surface area contributed by atoms with Gasteiger partial charge in [0, 0.05) is 31.0 Å². The quantitative estimate of drug-likeness (QED) is 0.741. The first-order valence-corrected chi connectivity index (χ1v) is 9.31. The van der Waals surface area contributed by atoms with Crippen molar-refractivity contribution in [1.29, 1.82) is 0 Å². The molecule has 1 saturated heterocycles. The van der Waals surface area contributed by atoms with E-state index in [1.54, 1.807) is 7.11 Å². The number of hydrogen-bond acceptors (Lipinski definition) is 3. The Kier molecular flexibility index (Phi) is 4.76. The van der Waals surface area contributed by atoms with Crippen LogP contribution in [0.15, 0.2) is 18.2 Å². The van der Waals surface area contributed by atoms with Crippen LogP contribution in [0.25, 0.3) is 0 Å². The summed E-state index contributed by atoms with van der Waals surface area (Å²) < 4.78 is 11.1. The maximum atomic E-state index is 12.5. The van der Waals surface area contributed by atoms with Crippen LogP contribution in [0.4, 0.5) is 4.79 Å². The van der Waals surface area contributed by atoms with Crippen molar-refractivity contribution in [3.8, 4) is 0 Å². The van der Waals surface area contributed by atoms with Crippen LogP contribution in [0, 0.1) is 5.41 Å². The molecule has 0 N–H and O–H groups in total. The number of likely N-dealkylation sites (tertiary alicyclic amines) is 1. The van der Waals surface area contributed by atoms with Gasteiger partial charge in [-0.1, -0.05) is 29.3 Å². The number of hydrogen-bond donors (Lipinski definition) is 0. The molecular formula is C19H25Cl2NO3. The van der Waals surface area contributed by atoms with Crippen LogP contribution in [0.3, 0.4) is 0 Å². The highest BCUT2D eigenvalue weighted by Gasteiger charge is 2.70. The van der Waals surface area contributed by atoms with Crippen LogP contribution in [0.1, 0.15) is 39.2 Å². The van der Waals surface area contributed by atoms with E-state index in [1.807, 2.05) is 37.8 Å². The third-order valence-electron chi connectivity index (χ3n) is 5.38. The van der Waals surface area contributed by atoms with Gasteiger partial charge in [-0.15, -0.1) is 0 Å². The van der Waals surface area contributed by atoms with Crippen LogP contribution in [-0.2, 0) is 14.9 Å². The molecule has 1 aliphatic heterocycles. The van der Waals surface area contributed by atoms with E-state index in [0.717, 1.165) is 12.8 Å². The van der Waals surface area contributed by atoms with Gasteiger partial charge in [0.05, 0.1) is 16.7 Å². The minimum Gasteiger partial charge on any atom is -0.444 e. The highest BCUT2D eigenvalue weighted by Crippen LogP contribution is 2.69. The van der Waals surface area contributed by atoms with Gasteiger partial charge < -0.3 is 14.4 Å². The lowest BCUT2D eigenvalue weighted by molar-refractivity contribution is 0.00562. The molecule has 1 saturated carbocycles. The lowest BCUT2D eigenvalue weighted by Gasteiger charge is -2.38. The molecule has 1 heterocycles. The molecule has 1 aliphatic carbocycles. The standard InChI is InChI=1S/C19H25Cl2NO3/c1-17(2,3)25-16(23)22-8-7-19(10-18(19,11-22)12-24-4)13-5-6-14(20)15(21)9-13/h5-6,9H,7-8,10-12H2,1-4H3/t18-,19?/m1/s1. The molecule has 2 aliphatic rings. The first kappa shape index (κ1) is 18.8. The Morgan fingerprint density at radius 3 is 2.60 bits per heavy atom. The number of methoxy groups -OCH3 is 1. The summed E-state index contributed by atoms with van der Waals surface area (Å²) in [7, 11) is 1.71. The summed E-state index contributed by atoms with van der Waals surface area (Å²) in [4.78, 5) is 14.3. The summed E-state index contributed by atoms with van der Waals surface area (Å²) in [5.41, 5.74) is 0.597. The lowest BCUT2D eigenvalue weighted by atomic mass is 9.80. The summed E-state index contributed by atoms with van der Waals surface area (Å²) in [6, 6.07) is 5.86. The van der Waals surface area contributed by atoms with Gasteiger partial charge in [-0.25, -0.2) is 4.79 Å².